The topological polar surface area (TPSA) is 47.3 Å². The summed E-state index contributed by atoms with van der Waals surface area (Å²) in [6.45, 7) is 5.27. The third kappa shape index (κ3) is 4.22. The Morgan fingerprint density at radius 1 is 1.50 bits per heavy atom. The predicted octanol–water partition coefficient (Wildman–Crippen LogP) is 2.15. The Morgan fingerprint density at radius 3 is 3.00 bits per heavy atom. The second-order valence-corrected chi connectivity index (χ2v) is 4.49. The fraction of sp³-hybridized carbons (Fsp3) is 0.818. The van der Waals surface area contributed by atoms with Crippen LogP contribution in [0.2, 0.25) is 0 Å². The van der Waals surface area contributed by atoms with Crippen LogP contribution in [-0.4, -0.2) is 6.61 Å². The van der Waals surface area contributed by atoms with Crippen LogP contribution in [0, 0.1) is 11.8 Å². The van der Waals surface area contributed by atoms with Crippen LogP contribution in [-0.2, 0) is 4.84 Å². The number of hydrogen-bond acceptors (Lipinski definition) is 3. The maximum Gasteiger partial charge on any atom is 0.0909 e. The average Bonchev–Trinajstić information content (AvgIpc) is 2.14. The lowest BCUT2D eigenvalue weighted by Gasteiger charge is -2.20. The molecule has 1 aliphatic carbocycles. The molecule has 2 unspecified atom stereocenters. The van der Waals surface area contributed by atoms with Crippen LogP contribution in [0.25, 0.3) is 0 Å². The van der Waals surface area contributed by atoms with E-state index in [9.17, 15) is 0 Å². The smallest absolute Gasteiger partial charge is 0.0909 e. The molecule has 82 valence electrons. The van der Waals surface area contributed by atoms with Crippen molar-refractivity contribution in [3.8, 4) is 0 Å². The molecule has 0 amide bonds. The monoisotopic (exact) mass is 198 g/mol. The number of nitrogens with two attached hydrogens (primary N) is 1. The van der Waals surface area contributed by atoms with Crippen LogP contribution in [0.4, 0.5) is 0 Å². The van der Waals surface area contributed by atoms with Crippen LogP contribution < -0.4 is 11.4 Å². The quantitative estimate of drug-likeness (QED) is 0.415. The van der Waals surface area contributed by atoms with Gasteiger partial charge in [-0.05, 0) is 43.1 Å². The Balaban J connectivity index is 2.44. The molecule has 3 heteroatoms. The summed E-state index contributed by atoms with van der Waals surface area (Å²) in [5, 5.41) is 0. The summed E-state index contributed by atoms with van der Waals surface area (Å²) in [4.78, 5) is 5.00. The van der Waals surface area contributed by atoms with Gasteiger partial charge < -0.3 is 0 Å². The van der Waals surface area contributed by atoms with Crippen LogP contribution in [0.3, 0.4) is 0 Å². The first kappa shape index (κ1) is 11.7. The molecular formula is C11H22N2O. The van der Waals surface area contributed by atoms with Crippen LogP contribution in [0.1, 0.15) is 39.5 Å². The van der Waals surface area contributed by atoms with E-state index in [1.54, 1.807) is 0 Å². The van der Waals surface area contributed by atoms with Crippen molar-refractivity contribution < 1.29 is 4.84 Å². The van der Waals surface area contributed by atoms with Gasteiger partial charge in [-0.2, -0.15) is 0 Å². The molecule has 1 aliphatic rings. The molecule has 0 saturated carbocycles. The van der Waals surface area contributed by atoms with Crippen molar-refractivity contribution in [3.63, 3.8) is 0 Å². The molecule has 0 bridgehead atoms. The van der Waals surface area contributed by atoms with E-state index in [0.717, 1.165) is 18.3 Å². The predicted molar refractivity (Wildman–Crippen MR) is 58.2 cm³/mol. The zero-order chi connectivity index (χ0) is 10.4. The Bertz CT molecular complexity index is 192. The van der Waals surface area contributed by atoms with Crippen LogP contribution >= 0.6 is 0 Å². The highest BCUT2D eigenvalue weighted by Gasteiger charge is 2.12. The van der Waals surface area contributed by atoms with E-state index in [4.69, 9.17) is 10.7 Å². The molecule has 3 nitrogen and oxygen atoms in total. The number of nitrogens with one attached hydrogen (secondary N) is 1. The van der Waals surface area contributed by atoms with Gasteiger partial charge in [-0.3, -0.25) is 4.84 Å². The molecule has 0 spiro atoms. The van der Waals surface area contributed by atoms with Crippen molar-refractivity contribution in [1.82, 2.24) is 5.59 Å². The van der Waals surface area contributed by atoms with Gasteiger partial charge in [0.25, 0.3) is 0 Å². The largest absolute Gasteiger partial charge is 0.283 e. The van der Waals surface area contributed by atoms with Gasteiger partial charge in [-0.25, -0.2) is 5.84 Å². The van der Waals surface area contributed by atoms with E-state index >= 15 is 0 Å². The lowest BCUT2D eigenvalue weighted by atomic mass is 9.87. The molecule has 3 N–H and O–H groups in total. The summed E-state index contributed by atoms with van der Waals surface area (Å²) < 4.78 is 0. The van der Waals surface area contributed by atoms with Gasteiger partial charge in [-0.1, -0.05) is 19.9 Å². The lowest BCUT2D eigenvalue weighted by molar-refractivity contribution is 0.0560. The standard InChI is InChI=1S/C11H22N2O/c1-9-3-5-11(8-14-13-12)6-4-10(2)7-9/h5,9-10,13H,3-4,6-8,12H2,1-2H3/b11-5+. The SMILES string of the molecule is CC1C/C=C(/CONN)CCC(C)C1. The molecule has 0 aromatic carbocycles. The number of allylic oxidation sites excluding steroid dienone is 1. The summed E-state index contributed by atoms with van der Waals surface area (Å²) in [5.74, 6) is 6.70. The van der Waals surface area contributed by atoms with Crippen molar-refractivity contribution >= 4 is 0 Å². The van der Waals surface area contributed by atoms with Gasteiger partial charge in [-0.15, -0.1) is 5.59 Å². The molecule has 1 rings (SSSR count). The Kier molecular flexibility index (Phi) is 5.15. The Hall–Kier alpha value is -0.380. The third-order valence-corrected chi connectivity index (χ3v) is 2.91. The summed E-state index contributed by atoms with van der Waals surface area (Å²) in [5.41, 5.74) is 3.61. The van der Waals surface area contributed by atoms with Crippen molar-refractivity contribution in [3.05, 3.63) is 11.6 Å². The first-order valence-electron chi connectivity index (χ1n) is 5.47. The highest BCUT2D eigenvalue weighted by Crippen LogP contribution is 2.25. The molecule has 14 heavy (non-hydrogen) atoms. The molecule has 2 atom stereocenters. The molecule has 0 aliphatic heterocycles. The molecule has 0 aromatic rings. The van der Waals surface area contributed by atoms with E-state index in [1.165, 1.54) is 24.8 Å². The highest BCUT2D eigenvalue weighted by atomic mass is 16.7. The van der Waals surface area contributed by atoms with E-state index in [-0.39, 0.29) is 0 Å². The zero-order valence-corrected chi connectivity index (χ0v) is 9.25. The van der Waals surface area contributed by atoms with Gasteiger partial charge in [0.2, 0.25) is 0 Å². The van der Waals surface area contributed by atoms with E-state index < -0.39 is 0 Å². The number of hydrogen-bond donors (Lipinski definition) is 2. The van der Waals surface area contributed by atoms with Gasteiger partial charge in [0.05, 0.1) is 6.61 Å². The Morgan fingerprint density at radius 2 is 2.29 bits per heavy atom. The maximum atomic E-state index is 5.07. The molecule has 0 radical (unpaired) electrons. The first-order valence-corrected chi connectivity index (χ1v) is 5.47. The maximum absolute atomic E-state index is 5.07. The van der Waals surface area contributed by atoms with E-state index in [0.29, 0.717) is 6.61 Å². The zero-order valence-electron chi connectivity index (χ0n) is 9.25. The van der Waals surface area contributed by atoms with E-state index in [2.05, 4.69) is 25.5 Å². The van der Waals surface area contributed by atoms with Gasteiger partial charge >= 0.3 is 0 Å². The van der Waals surface area contributed by atoms with Gasteiger partial charge in [0.15, 0.2) is 0 Å². The van der Waals surface area contributed by atoms with Crippen molar-refractivity contribution in [1.29, 1.82) is 0 Å². The normalized spacial score (nSPS) is 32.9. The van der Waals surface area contributed by atoms with Gasteiger partial charge in [0.1, 0.15) is 0 Å². The first-order chi connectivity index (χ1) is 6.72. The van der Waals surface area contributed by atoms with Crippen LogP contribution in [0.5, 0.6) is 0 Å². The highest BCUT2D eigenvalue weighted by molar-refractivity contribution is 5.04. The minimum absolute atomic E-state index is 0.621. The molecule has 0 saturated heterocycles. The summed E-state index contributed by atoms with van der Waals surface area (Å²) in [6, 6.07) is 0. The summed E-state index contributed by atoms with van der Waals surface area (Å²) in [6.07, 6.45) is 7.25. The Labute approximate surface area is 86.6 Å². The van der Waals surface area contributed by atoms with Crippen LogP contribution in [0.15, 0.2) is 11.6 Å². The summed E-state index contributed by atoms with van der Waals surface area (Å²) >= 11 is 0. The second kappa shape index (κ2) is 6.17. The van der Waals surface area contributed by atoms with Gasteiger partial charge in [0, 0.05) is 0 Å². The molecule has 0 heterocycles. The fourth-order valence-corrected chi connectivity index (χ4v) is 2.07. The fourth-order valence-electron chi connectivity index (χ4n) is 2.07. The van der Waals surface area contributed by atoms with Crippen molar-refractivity contribution in [2.24, 2.45) is 17.7 Å². The minimum atomic E-state index is 0.621. The molecular weight excluding hydrogens is 176 g/mol. The second-order valence-electron chi connectivity index (χ2n) is 4.49. The number of hydrazine groups is 1. The van der Waals surface area contributed by atoms with Crippen molar-refractivity contribution in [2.45, 2.75) is 39.5 Å². The summed E-state index contributed by atoms with van der Waals surface area (Å²) in [7, 11) is 0. The lowest BCUT2D eigenvalue weighted by Crippen LogP contribution is -2.23. The molecule has 0 fully saturated rings. The molecule has 0 aromatic heterocycles. The number of rotatable bonds is 3. The third-order valence-electron chi connectivity index (χ3n) is 2.91. The van der Waals surface area contributed by atoms with E-state index in [1.807, 2.05) is 0 Å². The van der Waals surface area contributed by atoms with Crippen molar-refractivity contribution in [2.75, 3.05) is 6.61 Å². The average molecular weight is 198 g/mol. The minimum Gasteiger partial charge on any atom is -0.283 e.